The van der Waals surface area contributed by atoms with Crippen LogP contribution in [0.15, 0.2) is 17.6 Å². The van der Waals surface area contributed by atoms with Crippen LogP contribution in [-0.2, 0) is 0 Å². The summed E-state index contributed by atoms with van der Waals surface area (Å²) in [5.74, 6) is 0. The lowest BCUT2D eigenvalue weighted by Gasteiger charge is -2.25. The number of nitrogens with zero attached hydrogens (tertiary/aromatic N) is 3. The maximum Gasteiger partial charge on any atom is 0.187 e. The Morgan fingerprint density at radius 3 is 2.74 bits per heavy atom. The van der Waals surface area contributed by atoms with E-state index < -0.39 is 0 Å². The van der Waals surface area contributed by atoms with Gasteiger partial charge in [0.1, 0.15) is 5.54 Å². The molecule has 1 saturated carbocycles. The van der Waals surface area contributed by atoms with Crippen molar-refractivity contribution in [2.75, 3.05) is 0 Å². The van der Waals surface area contributed by atoms with E-state index in [4.69, 9.17) is 0 Å². The summed E-state index contributed by atoms with van der Waals surface area (Å²) < 4.78 is 0. The van der Waals surface area contributed by atoms with Gasteiger partial charge in [-0.1, -0.05) is 11.8 Å². The number of hydrogen-bond acceptors (Lipinski definition) is 5. The quantitative estimate of drug-likeness (QED) is 0.857. The molecule has 1 aromatic heterocycles. The number of nitriles is 1. The summed E-state index contributed by atoms with van der Waals surface area (Å²) in [6, 6.07) is 2.80. The van der Waals surface area contributed by atoms with Crippen molar-refractivity contribution in [2.24, 2.45) is 0 Å². The number of aryl methyl sites for hydroxylation is 1. The fourth-order valence-corrected chi connectivity index (χ4v) is 3.64. The number of nitrogens with one attached hydrogen (secondary N) is 1. The van der Waals surface area contributed by atoms with Crippen LogP contribution in [0.4, 0.5) is 0 Å². The van der Waals surface area contributed by atoms with Crippen LogP contribution in [0.25, 0.3) is 0 Å². The number of rotatable bonds is 4. The van der Waals surface area contributed by atoms with E-state index in [-0.39, 0.29) is 5.54 Å². The van der Waals surface area contributed by atoms with Gasteiger partial charge in [0.2, 0.25) is 0 Å². The predicted molar refractivity (Wildman–Crippen MR) is 76.9 cm³/mol. The van der Waals surface area contributed by atoms with Gasteiger partial charge in [-0.2, -0.15) is 5.26 Å². The summed E-state index contributed by atoms with van der Waals surface area (Å²) in [5, 5.41) is 14.1. The van der Waals surface area contributed by atoms with Crippen LogP contribution in [0.5, 0.6) is 0 Å². The molecule has 4 nitrogen and oxygen atoms in total. The standard InChI is InChI=1S/C14H20N4S/c1-10(2)18-14(9-15)5-4-12(6-14)19-13-16-7-11(3)8-17-13/h7-8,10,12,18H,4-6H2,1-3H3. The Bertz CT molecular complexity index is 465. The summed E-state index contributed by atoms with van der Waals surface area (Å²) in [6.45, 7) is 6.16. The van der Waals surface area contributed by atoms with Gasteiger partial charge in [0.05, 0.1) is 6.07 Å². The minimum Gasteiger partial charge on any atom is -0.297 e. The summed E-state index contributed by atoms with van der Waals surface area (Å²) >= 11 is 1.69. The molecule has 1 aromatic rings. The van der Waals surface area contributed by atoms with Crippen molar-refractivity contribution in [1.29, 1.82) is 5.26 Å². The molecular formula is C14H20N4S. The Labute approximate surface area is 119 Å². The molecule has 1 N–H and O–H groups in total. The summed E-state index contributed by atoms with van der Waals surface area (Å²) in [4.78, 5) is 8.65. The second-order valence-corrected chi connectivity index (χ2v) is 6.79. The molecule has 102 valence electrons. The molecule has 0 aromatic carbocycles. The Hall–Kier alpha value is -1.12. The van der Waals surface area contributed by atoms with Crippen LogP contribution in [0.2, 0.25) is 0 Å². The van der Waals surface area contributed by atoms with Gasteiger partial charge in [0, 0.05) is 23.7 Å². The largest absolute Gasteiger partial charge is 0.297 e. The number of hydrogen-bond donors (Lipinski definition) is 1. The highest BCUT2D eigenvalue weighted by Gasteiger charge is 2.40. The minimum atomic E-state index is -0.365. The number of thioether (sulfide) groups is 1. The molecule has 19 heavy (non-hydrogen) atoms. The van der Waals surface area contributed by atoms with Gasteiger partial charge >= 0.3 is 0 Å². The average molecular weight is 276 g/mol. The Balaban J connectivity index is 1.98. The Kier molecular flexibility index (Phi) is 4.43. The smallest absolute Gasteiger partial charge is 0.187 e. The molecule has 2 unspecified atom stereocenters. The predicted octanol–water partition coefficient (Wildman–Crippen LogP) is 2.69. The van der Waals surface area contributed by atoms with Crippen LogP contribution in [0, 0.1) is 18.3 Å². The monoisotopic (exact) mass is 276 g/mol. The molecule has 1 fully saturated rings. The first-order valence-corrected chi connectivity index (χ1v) is 7.55. The van der Waals surface area contributed by atoms with Crippen molar-refractivity contribution in [1.82, 2.24) is 15.3 Å². The van der Waals surface area contributed by atoms with E-state index in [0.717, 1.165) is 30.0 Å². The molecule has 2 rings (SSSR count). The van der Waals surface area contributed by atoms with E-state index in [1.54, 1.807) is 11.8 Å². The first-order valence-electron chi connectivity index (χ1n) is 6.67. The van der Waals surface area contributed by atoms with Gasteiger partial charge in [-0.05, 0) is 45.6 Å². The van der Waals surface area contributed by atoms with Crippen molar-refractivity contribution in [2.45, 2.75) is 62.0 Å². The zero-order valence-corrected chi connectivity index (χ0v) is 12.5. The molecular weight excluding hydrogens is 256 g/mol. The van der Waals surface area contributed by atoms with Gasteiger partial charge < -0.3 is 0 Å². The molecule has 1 aliphatic rings. The third-order valence-corrected chi connectivity index (χ3v) is 4.43. The van der Waals surface area contributed by atoms with Crippen LogP contribution in [0.1, 0.15) is 38.7 Å². The molecule has 0 saturated heterocycles. The molecule has 0 amide bonds. The highest BCUT2D eigenvalue weighted by Crippen LogP contribution is 2.39. The summed E-state index contributed by atoms with van der Waals surface area (Å²) in [6.07, 6.45) is 6.49. The van der Waals surface area contributed by atoms with E-state index >= 15 is 0 Å². The highest BCUT2D eigenvalue weighted by molar-refractivity contribution is 7.99. The fraction of sp³-hybridized carbons (Fsp3) is 0.643. The van der Waals surface area contributed by atoms with Gasteiger partial charge in [-0.15, -0.1) is 0 Å². The van der Waals surface area contributed by atoms with Gasteiger partial charge in [0.15, 0.2) is 5.16 Å². The van der Waals surface area contributed by atoms with Crippen molar-refractivity contribution in [3.8, 4) is 6.07 Å². The van der Waals surface area contributed by atoms with E-state index in [2.05, 4.69) is 35.2 Å². The normalized spacial score (nSPS) is 26.6. The van der Waals surface area contributed by atoms with E-state index in [1.165, 1.54) is 0 Å². The Morgan fingerprint density at radius 2 is 2.16 bits per heavy atom. The lowest BCUT2D eigenvalue weighted by molar-refractivity contribution is 0.386. The molecule has 0 radical (unpaired) electrons. The van der Waals surface area contributed by atoms with Crippen LogP contribution >= 0.6 is 11.8 Å². The maximum atomic E-state index is 9.43. The molecule has 1 aliphatic carbocycles. The van der Waals surface area contributed by atoms with Gasteiger partial charge in [0.25, 0.3) is 0 Å². The third kappa shape index (κ3) is 3.68. The first-order chi connectivity index (χ1) is 9.03. The van der Waals surface area contributed by atoms with Gasteiger partial charge in [-0.25, -0.2) is 9.97 Å². The molecule has 1 heterocycles. The van der Waals surface area contributed by atoms with Crippen molar-refractivity contribution >= 4 is 11.8 Å². The topological polar surface area (TPSA) is 61.6 Å². The summed E-state index contributed by atoms with van der Waals surface area (Å²) in [7, 11) is 0. The minimum absolute atomic E-state index is 0.332. The van der Waals surface area contributed by atoms with Crippen LogP contribution < -0.4 is 5.32 Å². The Morgan fingerprint density at radius 1 is 1.47 bits per heavy atom. The maximum absolute atomic E-state index is 9.43. The first kappa shape index (κ1) is 14.3. The lowest BCUT2D eigenvalue weighted by Crippen LogP contribution is -2.45. The van der Waals surface area contributed by atoms with E-state index in [1.807, 2.05) is 19.3 Å². The number of aromatic nitrogens is 2. The second kappa shape index (κ2) is 5.89. The van der Waals surface area contributed by atoms with E-state index in [0.29, 0.717) is 11.3 Å². The van der Waals surface area contributed by atoms with Crippen LogP contribution in [-0.4, -0.2) is 26.8 Å². The molecule has 0 spiro atoms. The zero-order valence-electron chi connectivity index (χ0n) is 11.7. The van der Waals surface area contributed by atoms with Crippen molar-refractivity contribution in [3.63, 3.8) is 0 Å². The van der Waals surface area contributed by atoms with Gasteiger partial charge in [-0.3, -0.25) is 5.32 Å². The molecule has 0 bridgehead atoms. The SMILES string of the molecule is Cc1cnc(SC2CCC(C#N)(NC(C)C)C2)nc1. The van der Waals surface area contributed by atoms with Crippen molar-refractivity contribution in [3.05, 3.63) is 18.0 Å². The third-order valence-electron chi connectivity index (χ3n) is 3.28. The molecule has 5 heteroatoms. The van der Waals surface area contributed by atoms with Crippen LogP contribution in [0.3, 0.4) is 0 Å². The molecule has 2 atom stereocenters. The zero-order chi connectivity index (χ0) is 13.9. The molecule has 0 aliphatic heterocycles. The average Bonchev–Trinajstić information content (AvgIpc) is 2.75. The lowest BCUT2D eigenvalue weighted by atomic mass is 9.99. The van der Waals surface area contributed by atoms with Crippen molar-refractivity contribution < 1.29 is 0 Å². The summed E-state index contributed by atoms with van der Waals surface area (Å²) in [5.41, 5.74) is 0.708. The fourth-order valence-electron chi connectivity index (χ4n) is 2.51. The second-order valence-electron chi connectivity index (χ2n) is 5.52. The van der Waals surface area contributed by atoms with E-state index in [9.17, 15) is 5.26 Å². The highest BCUT2D eigenvalue weighted by atomic mass is 32.2.